The number of benzene rings is 1. The maximum atomic E-state index is 13.1. The molecule has 1 aromatic carbocycles. The standard InChI is InChI=1S/C13H12F9N/c1-5(2)10(23)6-3-4-7(11(14,15)16)9(13(20,21)22)8(6)12(17,18)19/h3-5,10H,23H2,1-2H3. The topological polar surface area (TPSA) is 26.0 Å². The molecular formula is C13H12F9N. The molecule has 1 nitrogen and oxygen atoms in total. The third-order valence-corrected chi connectivity index (χ3v) is 3.19. The predicted molar refractivity (Wildman–Crippen MR) is 63.2 cm³/mol. The van der Waals surface area contributed by atoms with Crippen LogP contribution in [0.25, 0.3) is 0 Å². The summed E-state index contributed by atoms with van der Waals surface area (Å²) in [6.45, 7) is 2.69. The van der Waals surface area contributed by atoms with E-state index < -0.39 is 52.7 Å². The molecule has 23 heavy (non-hydrogen) atoms. The number of halogens is 9. The molecule has 0 saturated heterocycles. The summed E-state index contributed by atoms with van der Waals surface area (Å²) in [6.07, 6.45) is -17.1. The maximum absolute atomic E-state index is 13.1. The highest BCUT2D eigenvalue weighted by Crippen LogP contribution is 2.49. The summed E-state index contributed by atoms with van der Waals surface area (Å²) in [5.74, 6) is -0.714. The van der Waals surface area contributed by atoms with Crippen molar-refractivity contribution in [3.63, 3.8) is 0 Å². The van der Waals surface area contributed by atoms with Crippen LogP contribution in [-0.2, 0) is 18.5 Å². The van der Waals surface area contributed by atoms with Gasteiger partial charge in [-0.2, -0.15) is 39.5 Å². The minimum absolute atomic E-state index is 0.0182. The Balaban J connectivity index is 3.94. The molecule has 1 unspecified atom stereocenters. The Kier molecular flexibility index (Phi) is 5.01. The van der Waals surface area contributed by atoms with Crippen LogP contribution in [0.5, 0.6) is 0 Å². The molecule has 1 atom stereocenters. The molecule has 1 aromatic rings. The van der Waals surface area contributed by atoms with E-state index in [0.717, 1.165) is 0 Å². The Bertz CT molecular complexity index is 567. The second-order valence-electron chi connectivity index (χ2n) is 5.22. The Morgan fingerprint density at radius 1 is 0.739 bits per heavy atom. The van der Waals surface area contributed by atoms with Gasteiger partial charge >= 0.3 is 18.5 Å². The Morgan fingerprint density at radius 2 is 1.17 bits per heavy atom. The van der Waals surface area contributed by atoms with Crippen LogP contribution in [0.4, 0.5) is 39.5 Å². The third-order valence-electron chi connectivity index (χ3n) is 3.19. The molecule has 0 bridgehead atoms. The zero-order chi connectivity index (χ0) is 18.4. The lowest BCUT2D eigenvalue weighted by Gasteiger charge is -2.26. The van der Waals surface area contributed by atoms with Gasteiger partial charge in [-0.15, -0.1) is 0 Å². The first-order valence-electron chi connectivity index (χ1n) is 6.22. The van der Waals surface area contributed by atoms with Gasteiger partial charge in [-0.1, -0.05) is 19.9 Å². The van der Waals surface area contributed by atoms with Crippen molar-refractivity contribution < 1.29 is 39.5 Å². The van der Waals surface area contributed by atoms with E-state index in [1.54, 1.807) is 0 Å². The summed E-state index contributed by atoms with van der Waals surface area (Å²) in [5.41, 5.74) is -3.10. The predicted octanol–water partition coefficient (Wildman–Crippen LogP) is 5.40. The summed E-state index contributed by atoms with van der Waals surface area (Å²) in [7, 11) is 0. The third kappa shape index (κ3) is 4.10. The van der Waals surface area contributed by atoms with E-state index in [2.05, 4.69) is 0 Å². The average molecular weight is 353 g/mol. The normalized spacial score (nSPS) is 15.2. The van der Waals surface area contributed by atoms with Crippen molar-refractivity contribution in [1.29, 1.82) is 0 Å². The average Bonchev–Trinajstić information content (AvgIpc) is 2.32. The first-order chi connectivity index (χ1) is 10.1. The second-order valence-corrected chi connectivity index (χ2v) is 5.22. The SMILES string of the molecule is CC(C)C(N)c1ccc(C(F)(F)F)c(C(F)(F)F)c1C(F)(F)F. The van der Waals surface area contributed by atoms with Crippen LogP contribution in [0.1, 0.15) is 42.1 Å². The van der Waals surface area contributed by atoms with E-state index >= 15 is 0 Å². The van der Waals surface area contributed by atoms with E-state index in [-0.39, 0.29) is 6.07 Å². The number of nitrogens with two attached hydrogens (primary N) is 1. The number of rotatable bonds is 2. The molecule has 0 aromatic heterocycles. The van der Waals surface area contributed by atoms with Gasteiger partial charge in [0.2, 0.25) is 0 Å². The molecule has 0 radical (unpaired) electrons. The van der Waals surface area contributed by atoms with Gasteiger partial charge in [-0.05, 0) is 17.5 Å². The van der Waals surface area contributed by atoms with Gasteiger partial charge < -0.3 is 5.73 Å². The Hall–Kier alpha value is -1.45. The summed E-state index contributed by atoms with van der Waals surface area (Å²) in [6, 6.07) is -1.17. The highest BCUT2D eigenvalue weighted by atomic mass is 19.4. The largest absolute Gasteiger partial charge is 0.417 e. The number of hydrogen-bond donors (Lipinski definition) is 1. The fraction of sp³-hybridized carbons (Fsp3) is 0.538. The Labute approximate surface area is 125 Å². The highest BCUT2D eigenvalue weighted by molar-refractivity contribution is 5.47. The lowest BCUT2D eigenvalue weighted by Crippen LogP contribution is -2.28. The van der Waals surface area contributed by atoms with Gasteiger partial charge in [0.05, 0.1) is 16.7 Å². The van der Waals surface area contributed by atoms with Crippen LogP contribution in [0.2, 0.25) is 0 Å². The summed E-state index contributed by atoms with van der Waals surface area (Å²) in [5, 5.41) is 0. The maximum Gasteiger partial charge on any atom is 0.417 e. The lowest BCUT2D eigenvalue weighted by molar-refractivity contribution is -0.175. The smallest absolute Gasteiger partial charge is 0.324 e. The van der Waals surface area contributed by atoms with Crippen molar-refractivity contribution in [2.75, 3.05) is 0 Å². The van der Waals surface area contributed by atoms with Gasteiger partial charge in [0.25, 0.3) is 0 Å². The van der Waals surface area contributed by atoms with Gasteiger partial charge in [0, 0.05) is 6.04 Å². The molecule has 1 rings (SSSR count). The molecule has 0 aliphatic carbocycles. The van der Waals surface area contributed by atoms with Crippen LogP contribution in [-0.4, -0.2) is 0 Å². The first-order valence-corrected chi connectivity index (χ1v) is 6.22. The van der Waals surface area contributed by atoms with E-state index in [1.165, 1.54) is 13.8 Å². The second kappa shape index (κ2) is 5.88. The fourth-order valence-corrected chi connectivity index (χ4v) is 2.09. The molecule has 0 aliphatic heterocycles. The first kappa shape index (κ1) is 19.6. The lowest BCUT2D eigenvalue weighted by atomic mass is 9.87. The van der Waals surface area contributed by atoms with Gasteiger partial charge in [-0.25, -0.2) is 0 Å². The molecule has 0 spiro atoms. The minimum Gasteiger partial charge on any atom is -0.324 e. The van der Waals surface area contributed by atoms with Crippen LogP contribution >= 0.6 is 0 Å². The fourth-order valence-electron chi connectivity index (χ4n) is 2.09. The van der Waals surface area contributed by atoms with Crippen molar-refractivity contribution >= 4 is 0 Å². The molecule has 132 valence electrons. The molecule has 0 aliphatic rings. The van der Waals surface area contributed by atoms with Crippen molar-refractivity contribution in [2.24, 2.45) is 11.7 Å². The van der Waals surface area contributed by atoms with Crippen LogP contribution in [0.3, 0.4) is 0 Å². The molecule has 2 N–H and O–H groups in total. The van der Waals surface area contributed by atoms with Crippen molar-refractivity contribution in [2.45, 2.75) is 38.4 Å². The summed E-state index contributed by atoms with van der Waals surface area (Å²) < 4.78 is 116. The van der Waals surface area contributed by atoms with E-state index in [1.807, 2.05) is 0 Å². The zero-order valence-electron chi connectivity index (χ0n) is 11.8. The van der Waals surface area contributed by atoms with E-state index in [4.69, 9.17) is 5.73 Å². The van der Waals surface area contributed by atoms with Crippen molar-refractivity contribution in [1.82, 2.24) is 0 Å². The van der Waals surface area contributed by atoms with Crippen molar-refractivity contribution in [3.8, 4) is 0 Å². The summed E-state index contributed by atoms with van der Waals surface area (Å²) >= 11 is 0. The van der Waals surface area contributed by atoms with Crippen molar-refractivity contribution in [3.05, 3.63) is 34.4 Å². The number of alkyl halides is 9. The summed E-state index contributed by atoms with van der Waals surface area (Å²) in [4.78, 5) is 0. The van der Waals surface area contributed by atoms with E-state index in [0.29, 0.717) is 6.07 Å². The van der Waals surface area contributed by atoms with Crippen LogP contribution in [0, 0.1) is 5.92 Å². The zero-order valence-corrected chi connectivity index (χ0v) is 11.8. The molecule has 0 amide bonds. The van der Waals surface area contributed by atoms with Gasteiger partial charge in [0.1, 0.15) is 0 Å². The molecule has 0 heterocycles. The molecule has 0 fully saturated rings. The Morgan fingerprint density at radius 3 is 1.48 bits per heavy atom. The quantitative estimate of drug-likeness (QED) is 0.708. The molecule has 0 saturated carbocycles. The van der Waals surface area contributed by atoms with Crippen LogP contribution in [0.15, 0.2) is 12.1 Å². The monoisotopic (exact) mass is 353 g/mol. The number of hydrogen-bond acceptors (Lipinski definition) is 1. The molecular weight excluding hydrogens is 341 g/mol. The van der Waals surface area contributed by atoms with Crippen LogP contribution < -0.4 is 5.73 Å². The van der Waals surface area contributed by atoms with Gasteiger partial charge in [-0.3, -0.25) is 0 Å². The van der Waals surface area contributed by atoms with E-state index in [9.17, 15) is 39.5 Å². The molecule has 10 heteroatoms. The minimum atomic E-state index is -5.84. The van der Waals surface area contributed by atoms with Gasteiger partial charge in [0.15, 0.2) is 0 Å². The highest BCUT2D eigenvalue weighted by Gasteiger charge is 2.51.